The summed E-state index contributed by atoms with van der Waals surface area (Å²) >= 11 is -1.29. The van der Waals surface area contributed by atoms with Crippen LogP contribution in [0.5, 0.6) is 0 Å². The second kappa shape index (κ2) is 8.56. The van der Waals surface area contributed by atoms with Gasteiger partial charge in [0, 0.05) is 6.26 Å². The maximum atomic E-state index is 11.4. The number of amides is 1. The maximum absolute atomic E-state index is 11.4. The van der Waals surface area contributed by atoms with Crippen molar-refractivity contribution in [3.8, 4) is 0 Å². The van der Waals surface area contributed by atoms with Gasteiger partial charge in [-0.15, -0.1) is 0 Å². The highest BCUT2D eigenvalue weighted by Crippen LogP contribution is 2.38. The third-order valence-electron chi connectivity index (χ3n) is 4.29. The zero-order valence-corrected chi connectivity index (χ0v) is 17.1. The third kappa shape index (κ3) is 7.85. The van der Waals surface area contributed by atoms with Crippen LogP contribution in [0.4, 0.5) is 0 Å². The molecule has 0 aliphatic carbocycles. The van der Waals surface area contributed by atoms with Crippen molar-refractivity contribution in [2.75, 3.05) is 6.26 Å². The summed E-state index contributed by atoms with van der Waals surface area (Å²) in [5.41, 5.74) is 5.39. The molecule has 0 saturated heterocycles. The number of nitrogens with two attached hydrogens (primary N) is 1. The molecule has 0 heterocycles. The van der Waals surface area contributed by atoms with Gasteiger partial charge in [0.2, 0.25) is 5.91 Å². The first-order valence-electron chi connectivity index (χ1n) is 7.73. The van der Waals surface area contributed by atoms with Crippen LogP contribution in [0.15, 0.2) is 0 Å². The van der Waals surface area contributed by atoms with Crippen LogP contribution in [0.1, 0.15) is 47.5 Å². The minimum absolute atomic E-state index is 0.0651. The molecule has 0 fully saturated rings. The van der Waals surface area contributed by atoms with E-state index >= 15 is 0 Å². The third-order valence-corrected chi connectivity index (χ3v) is 9.40. The summed E-state index contributed by atoms with van der Waals surface area (Å²) in [5, 5.41) is 0.0651. The number of hydrogen-bond acceptors (Lipinski definition) is 4. The highest BCUT2D eigenvalue weighted by Gasteiger charge is 2.40. The zero-order valence-electron chi connectivity index (χ0n) is 15.3. The molecule has 0 bridgehead atoms. The minimum Gasteiger partial charge on any atom is -0.413 e. The van der Waals surface area contributed by atoms with E-state index in [4.69, 9.17) is 14.3 Å². The van der Waals surface area contributed by atoms with Crippen LogP contribution in [-0.4, -0.2) is 36.9 Å². The number of rotatable bonds is 9. The molecule has 1 amide bonds. The van der Waals surface area contributed by atoms with Gasteiger partial charge in [-0.3, -0.25) is 8.98 Å². The van der Waals surface area contributed by atoms with Crippen LogP contribution < -0.4 is 5.73 Å². The summed E-state index contributed by atoms with van der Waals surface area (Å²) < 4.78 is 22.8. The lowest BCUT2D eigenvalue weighted by Crippen LogP contribution is -2.46. The molecule has 7 heteroatoms. The molecule has 2 N–H and O–H groups in total. The van der Waals surface area contributed by atoms with E-state index in [0.29, 0.717) is 6.42 Å². The van der Waals surface area contributed by atoms with Crippen LogP contribution in [0.25, 0.3) is 0 Å². The SMILES string of the molecule is CC(C[C@@H](C)C(CC(N)=O)O[Si](C)(C)C(C)(C)C)OS(C)=O. The molecule has 0 spiro atoms. The Morgan fingerprint density at radius 3 is 2.14 bits per heavy atom. The summed E-state index contributed by atoms with van der Waals surface area (Å²) in [6.45, 7) is 14.7. The highest BCUT2D eigenvalue weighted by atomic mass is 32.2. The zero-order chi connectivity index (χ0) is 17.7. The van der Waals surface area contributed by atoms with Gasteiger partial charge < -0.3 is 10.2 Å². The average molecular weight is 352 g/mol. The Hall–Kier alpha value is -0.243. The molecule has 0 aliphatic heterocycles. The fourth-order valence-electron chi connectivity index (χ4n) is 2.06. The molecule has 0 radical (unpaired) electrons. The first-order valence-corrected chi connectivity index (χ1v) is 12.1. The molecule has 132 valence electrons. The molecule has 0 rings (SSSR count). The lowest BCUT2D eigenvalue weighted by molar-refractivity contribution is -0.120. The van der Waals surface area contributed by atoms with Crippen molar-refractivity contribution in [2.45, 2.75) is 77.8 Å². The number of hydrogen-bond donors (Lipinski definition) is 1. The van der Waals surface area contributed by atoms with E-state index in [2.05, 4.69) is 33.9 Å². The van der Waals surface area contributed by atoms with Gasteiger partial charge in [-0.1, -0.05) is 27.7 Å². The van der Waals surface area contributed by atoms with Gasteiger partial charge in [0.1, 0.15) is 0 Å². The Balaban J connectivity index is 4.97. The van der Waals surface area contributed by atoms with E-state index in [-0.39, 0.29) is 35.5 Å². The van der Waals surface area contributed by atoms with E-state index in [1.165, 1.54) is 6.26 Å². The number of primary amides is 1. The van der Waals surface area contributed by atoms with Crippen molar-refractivity contribution in [1.82, 2.24) is 0 Å². The summed E-state index contributed by atoms with van der Waals surface area (Å²) in [4.78, 5) is 11.4. The minimum atomic E-state index is -1.99. The van der Waals surface area contributed by atoms with Crippen LogP contribution in [0.2, 0.25) is 18.1 Å². The van der Waals surface area contributed by atoms with Gasteiger partial charge in [0.05, 0.1) is 18.6 Å². The van der Waals surface area contributed by atoms with E-state index < -0.39 is 19.4 Å². The van der Waals surface area contributed by atoms with Gasteiger partial charge in [0.15, 0.2) is 19.4 Å². The van der Waals surface area contributed by atoms with E-state index in [1.54, 1.807) is 0 Å². The molecule has 0 aromatic carbocycles. The van der Waals surface area contributed by atoms with Crippen molar-refractivity contribution >= 4 is 25.3 Å². The lowest BCUT2D eigenvalue weighted by Gasteiger charge is -2.41. The molecule has 3 unspecified atom stereocenters. The molecule has 0 aromatic heterocycles. The molecule has 0 aliphatic rings. The van der Waals surface area contributed by atoms with Gasteiger partial charge in [-0.2, -0.15) is 0 Å². The Morgan fingerprint density at radius 2 is 1.77 bits per heavy atom. The van der Waals surface area contributed by atoms with Gasteiger partial charge in [-0.25, -0.2) is 4.21 Å². The fourth-order valence-corrected chi connectivity index (χ4v) is 4.03. The average Bonchev–Trinajstić information content (AvgIpc) is 2.23. The first kappa shape index (κ1) is 21.8. The maximum Gasteiger partial charge on any atom is 0.219 e. The van der Waals surface area contributed by atoms with E-state index in [9.17, 15) is 9.00 Å². The number of carbonyl (C=O) groups is 1. The second-order valence-electron chi connectivity index (χ2n) is 7.61. The normalized spacial score (nSPS) is 18.5. The topological polar surface area (TPSA) is 78.6 Å². The molecular weight excluding hydrogens is 318 g/mol. The highest BCUT2D eigenvalue weighted by molar-refractivity contribution is 7.79. The van der Waals surface area contributed by atoms with Crippen molar-refractivity contribution < 1.29 is 17.6 Å². The van der Waals surface area contributed by atoms with Crippen molar-refractivity contribution in [2.24, 2.45) is 11.7 Å². The summed E-state index contributed by atoms with van der Waals surface area (Å²) in [6.07, 6.45) is 2.00. The molecule has 0 saturated carbocycles. The summed E-state index contributed by atoms with van der Waals surface area (Å²) in [7, 11) is -1.99. The number of carbonyl (C=O) groups excluding carboxylic acids is 1. The van der Waals surface area contributed by atoms with Crippen LogP contribution in [0, 0.1) is 5.92 Å². The predicted molar refractivity (Wildman–Crippen MR) is 94.3 cm³/mol. The first-order chi connectivity index (χ1) is 9.76. The van der Waals surface area contributed by atoms with Crippen LogP contribution in [0.3, 0.4) is 0 Å². The lowest BCUT2D eigenvalue weighted by atomic mass is 9.96. The molecular formula is C15H33NO4SSi. The van der Waals surface area contributed by atoms with E-state index in [0.717, 1.165) is 0 Å². The van der Waals surface area contributed by atoms with Crippen molar-refractivity contribution in [3.05, 3.63) is 0 Å². The van der Waals surface area contributed by atoms with Crippen LogP contribution in [-0.2, 0) is 24.5 Å². The molecule has 0 aromatic rings. The van der Waals surface area contributed by atoms with Gasteiger partial charge in [-0.05, 0) is 37.4 Å². The molecule has 5 nitrogen and oxygen atoms in total. The predicted octanol–water partition coefficient (Wildman–Crippen LogP) is 2.98. The van der Waals surface area contributed by atoms with E-state index in [1.807, 2.05) is 13.8 Å². The van der Waals surface area contributed by atoms with Crippen molar-refractivity contribution in [3.63, 3.8) is 0 Å². The molecule has 22 heavy (non-hydrogen) atoms. The Bertz CT molecular complexity index is 395. The van der Waals surface area contributed by atoms with Gasteiger partial charge in [0.25, 0.3) is 0 Å². The second-order valence-corrected chi connectivity index (χ2v) is 13.4. The fraction of sp³-hybridized carbons (Fsp3) is 0.933. The monoisotopic (exact) mass is 351 g/mol. The van der Waals surface area contributed by atoms with Crippen LogP contribution >= 0.6 is 0 Å². The summed E-state index contributed by atoms with van der Waals surface area (Å²) in [5.74, 6) is -0.261. The Labute approximate surface area is 139 Å². The summed E-state index contributed by atoms with van der Waals surface area (Å²) in [6, 6.07) is 0. The van der Waals surface area contributed by atoms with Crippen molar-refractivity contribution in [1.29, 1.82) is 0 Å². The Kier molecular flexibility index (Phi) is 8.47. The van der Waals surface area contributed by atoms with Gasteiger partial charge >= 0.3 is 0 Å². The quantitative estimate of drug-likeness (QED) is 0.648. The largest absolute Gasteiger partial charge is 0.413 e. The Morgan fingerprint density at radius 1 is 1.27 bits per heavy atom. The molecule has 4 atom stereocenters. The smallest absolute Gasteiger partial charge is 0.219 e. The standard InChI is InChI=1S/C15H33NO4SSi/c1-11(9-12(2)19-21(6)18)13(10-14(16)17)20-22(7,8)15(3,4)5/h11-13H,9-10H2,1-8H3,(H2,16,17)/t11-,12?,13?,21?/m1/s1.